The quantitative estimate of drug-likeness (QED) is 0.311. The molecule has 0 saturated carbocycles. The highest BCUT2D eigenvalue weighted by Gasteiger charge is 2.16. The fourth-order valence-corrected chi connectivity index (χ4v) is 4.88. The maximum absolute atomic E-state index is 11.8. The molecule has 2 aromatic carbocycles. The lowest BCUT2D eigenvalue weighted by atomic mass is 9.99. The first-order chi connectivity index (χ1) is 14.8. The average molecular weight is 571 g/mol. The summed E-state index contributed by atoms with van der Waals surface area (Å²) in [7, 11) is -1.45. The van der Waals surface area contributed by atoms with Crippen molar-refractivity contribution in [1.82, 2.24) is 10.6 Å². The molecule has 1 fully saturated rings. The van der Waals surface area contributed by atoms with Gasteiger partial charge in [-0.2, -0.15) is 0 Å². The molecule has 176 valence electrons. The molecule has 0 radical (unpaired) electrons. The summed E-state index contributed by atoms with van der Waals surface area (Å²) < 4.78 is 23.5. The van der Waals surface area contributed by atoms with Crippen LogP contribution in [0.25, 0.3) is 0 Å². The summed E-state index contributed by atoms with van der Waals surface area (Å²) in [5.74, 6) is 1.54. The van der Waals surface area contributed by atoms with E-state index in [2.05, 4.69) is 51.7 Å². The molecule has 0 spiro atoms. The van der Waals surface area contributed by atoms with Crippen LogP contribution >= 0.6 is 24.0 Å². The standard InChI is InChI=1S/C24H34N4O2S.HI/c1-18-11-13-28(14-12-18)22-8-5-20(6-9-22)16-26-24(25-3)27-17-21-7-10-23(19(2)15-21)31(4,29)30;/h5-10,15,18H,11-14,16-17H2,1-4H3,(H2,25,26,27);1H. The molecule has 0 aliphatic carbocycles. The van der Waals surface area contributed by atoms with Crippen molar-refractivity contribution in [1.29, 1.82) is 0 Å². The zero-order valence-corrected chi connectivity index (χ0v) is 22.5. The summed E-state index contributed by atoms with van der Waals surface area (Å²) in [6.07, 6.45) is 3.77. The van der Waals surface area contributed by atoms with Gasteiger partial charge in [-0.25, -0.2) is 8.42 Å². The van der Waals surface area contributed by atoms with Gasteiger partial charge in [0.2, 0.25) is 0 Å². The zero-order valence-electron chi connectivity index (χ0n) is 19.4. The number of halogens is 1. The Morgan fingerprint density at radius 1 is 1.03 bits per heavy atom. The van der Waals surface area contributed by atoms with Crippen molar-refractivity contribution in [2.75, 3.05) is 31.3 Å². The maximum Gasteiger partial charge on any atom is 0.191 e. The number of benzene rings is 2. The fourth-order valence-electron chi connectivity index (χ4n) is 3.92. The van der Waals surface area contributed by atoms with E-state index < -0.39 is 9.84 Å². The van der Waals surface area contributed by atoms with Crippen molar-refractivity contribution >= 4 is 45.5 Å². The monoisotopic (exact) mass is 570 g/mol. The van der Waals surface area contributed by atoms with Crippen LogP contribution in [0, 0.1) is 12.8 Å². The largest absolute Gasteiger partial charge is 0.372 e. The molecule has 8 heteroatoms. The Kier molecular flexibility index (Phi) is 9.82. The van der Waals surface area contributed by atoms with Gasteiger partial charge in [0.05, 0.1) is 4.90 Å². The van der Waals surface area contributed by atoms with E-state index in [4.69, 9.17) is 0 Å². The first kappa shape index (κ1) is 26.4. The SMILES string of the molecule is CN=C(NCc1ccc(N2CCC(C)CC2)cc1)NCc1ccc(S(C)(=O)=O)c(C)c1.I. The highest BCUT2D eigenvalue weighted by atomic mass is 127. The Morgan fingerprint density at radius 3 is 2.12 bits per heavy atom. The minimum Gasteiger partial charge on any atom is -0.372 e. The van der Waals surface area contributed by atoms with Crippen molar-refractivity contribution in [3.05, 3.63) is 59.2 Å². The lowest BCUT2D eigenvalue weighted by Crippen LogP contribution is -2.36. The molecule has 1 saturated heterocycles. The van der Waals surface area contributed by atoms with Gasteiger partial charge in [0, 0.05) is 45.2 Å². The van der Waals surface area contributed by atoms with Gasteiger partial charge in [0.15, 0.2) is 15.8 Å². The number of anilines is 1. The van der Waals surface area contributed by atoms with Crippen LogP contribution in [0.4, 0.5) is 5.69 Å². The van der Waals surface area contributed by atoms with Gasteiger partial charge in [-0.05, 0) is 60.6 Å². The van der Waals surface area contributed by atoms with Crippen molar-refractivity contribution < 1.29 is 8.42 Å². The third-order valence-electron chi connectivity index (χ3n) is 5.87. The molecule has 6 nitrogen and oxygen atoms in total. The van der Waals surface area contributed by atoms with Crippen LogP contribution in [-0.4, -0.2) is 40.8 Å². The molecule has 2 aromatic rings. The van der Waals surface area contributed by atoms with E-state index in [0.29, 0.717) is 23.9 Å². The van der Waals surface area contributed by atoms with E-state index in [0.717, 1.165) is 30.1 Å². The predicted molar refractivity (Wildman–Crippen MR) is 144 cm³/mol. The second-order valence-corrected chi connectivity index (χ2v) is 10.5. The molecule has 3 rings (SSSR count). The molecular formula is C24H35IN4O2S. The highest BCUT2D eigenvalue weighted by molar-refractivity contribution is 14.0. The number of hydrogen-bond donors (Lipinski definition) is 2. The lowest BCUT2D eigenvalue weighted by Gasteiger charge is -2.32. The van der Waals surface area contributed by atoms with Gasteiger partial charge in [-0.3, -0.25) is 4.99 Å². The smallest absolute Gasteiger partial charge is 0.191 e. The first-order valence-electron chi connectivity index (χ1n) is 10.8. The lowest BCUT2D eigenvalue weighted by molar-refractivity contribution is 0.438. The van der Waals surface area contributed by atoms with E-state index in [1.54, 1.807) is 13.1 Å². The number of aliphatic imine (C=N–C) groups is 1. The summed E-state index contributed by atoms with van der Waals surface area (Å²) >= 11 is 0. The molecule has 0 atom stereocenters. The number of sulfone groups is 1. The number of hydrogen-bond acceptors (Lipinski definition) is 4. The van der Waals surface area contributed by atoms with Crippen LogP contribution in [0.5, 0.6) is 0 Å². The summed E-state index contributed by atoms with van der Waals surface area (Å²) in [6, 6.07) is 14.1. The Bertz CT molecular complexity index is 1010. The van der Waals surface area contributed by atoms with Crippen LogP contribution in [0.15, 0.2) is 52.4 Å². The van der Waals surface area contributed by atoms with Gasteiger partial charge in [-0.15, -0.1) is 24.0 Å². The molecule has 2 N–H and O–H groups in total. The Labute approximate surface area is 209 Å². The van der Waals surface area contributed by atoms with Crippen molar-refractivity contribution in [3.63, 3.8) is 0 Å². The topological polar surface area (TPSA) is 73.8 Å². The second kappa shape index (κ2) is 11.9. The average Bonchev–Trinajstić information content (AvgIpc) is 2.74. The second-order valence-electron chi connectivity index (χ2n) is 8.49. The van der Waals surface area contributed by atoms with E-state index in [1.165, 1.54) is 30.3 Å². The number of piperidine rings is 1. The number of nitrogens with one attached hydrogen (secondary N) is 2. The van der Waals surface area contributed by atoms with Crippen molar-refractivity contribution in [3.8, 4) is 0 Å². The van der Waals surface area contributed by atoms with Crippen molar-refractivity contribution in [2.45, 2.75) is 44.7 Å². The normalized spacial score (nSPS) is 15.2. The van der Waals surface area contributed by atoms with Gasteiger partial charge < -0.3 is 15.5 Å². The van der Waals surface area contributed by atoms with E-state index in [1.807, 2.05) is 19.1 Å². The molecule has 1 aliphatic heterocycles. The zero-order chi connectivity index (χ0) is 22.4. The number of nitrogens with zero attached hydrogens (tertiary/aromatic N) is 2. The van der Waals surface area contributed by atoms with Crippen LogP contribution in [-0.2, 0) is 22.9 Å². The van der Waals surface area contributed by atoms with E-state index in [-0.39, 0.29) is 24.0 Å². The molecule has 1 aliphatic rings. The molecular weight excluding hydrogens is 535 g/mol. The summed E-state index contributed by atoms with van der Waals surface area (Å²) in [6.45, 7) is 7.68. The molecule has 0 unspecified atom stereocenters. The predicted octanol–water partition coefficient (Wildman–Crippen LogP) is 4.12. The van der Waals surface area contributed by atoms with Crippen LogP contribution in [0.2, 0.25) is 0 Å². The minimum atomic E-state index is -3.20. The maximum atomic E-state index is 11.8. The summed E-state index contributed by atoms with van der Waals surface area (Å²) in [5, 5.41) is 6.63. The fraction of sp³-hybridized carbons (Fsp3) is 0.458. The first-order valence-corrected chi connectivity index (χ1v) is 12.7. The Balaban J connectivity index is 0.00000363. The van der Waals surface area contributed by atoms with Gasteiger partial charge >= 0.3 is 0 Å². The van der Waals surface area contributed by atoms with Crippen LogP contribution in [0.1, 0.15) is 36.5 Å². The summed E-state index contributed by atoms with van der Waals surface area (Å²) in [5.41, 5.74) is 4.26. The number of guanidine groups is 1. The third-order valence-corrected chi connectivity index (χ3v) is 7.12. The van der Waals surface area contributed by atoms with Crippen LogP contribution < -0.4 is 15.5 Å². The van der Waals surface area contributed by atoms with Gasteiger partial charge in [-0.1, -0.05) is 31.2 Å². The molecule has 32 heavy (non-hydrogen) atoms. The highest BCUT2D eigenvalue weighted by Crippen LogP contribution is 2.23. The van der Waals surface area contributed by atoms with Gasteiger partial charge in [0.1, 0.15) is 0 Å². The molecule has 0 aromatic heterocycles. The van der Waals surface area contributed by atoms with Crippen LogP contribution in [0.3, 0.4) is 0 Å². The van der Waals surface area contributed by atoms with E-state index in [9.17, 15) is 8.42 Å². The molecule has 1 heterocycles. The minimum absolute atomic E-state index is 0. The molecule has 0 amide bonds. The third kappa shape index (κ3) is 7.37. The van der Waals surface area contributed by atoms with Crippen molar-refractivity contribution in [2.24, 2.45) is 10.9 Å². The summed E-state index contributed by atoms with van der Waals surface area (Å²) in [4.78, 5) is 7.13. The number of aryl methyl sites for hydroxylation is 1. The Hall–Kier alpha value is -1.81. The molecule has 0 bridgehead atoms. The van der Waals surface area contributed by atoms with E-state index >= 15 is 0 Å². The van der Waals surface area contributed by atoms with Gasteiger partial charge in [0.25, 0.3) is 0 Å². The number of rotatable bonds is 6. The Morgan fingerprint density at radius 2 is 1.59 bits per heavy atom.